The van der Waals surface area contributed by atoms with Gasteiger partial charge in [0.1, 0.15) is 23.8 Å². The highest BCUT2D eigenvalue weighted by Crippen LogP contribution is 2.19. The van der Waals surface area contributed by atoms with Gasteiger partial charge in [-0.25, -0.2) is 19.2 Å². The van der Waals surface area contributed by atoms with Crippen molar-refractivity contribution in [3.8, 4) is 0 Å². The number of hydrogen-bond acceptors (Lipinski definition) is 5. The van der Waals surface area contributed by atoms with Crippen molar-refractivity contribution >= 4 is 23.4 Å². The van der Waals surface area contributed by atoms with Crippen LogP contribution in [0.15, 0.2) is 36.7 Å². The Morgan fingerprint density at radius 1 is 1.16 bits per heavy atom. The Balaban J connectivity index is 1.41. The summed E-state index contributed by atoms with van der Waals surface area (Å²) in [6.45, 7) is 2.92. The van der Waals surface area contributed by atoms with E-state index in [-0.39, 0.29) is 5.69 Å². The van der Waals surface area contributed by atoms with Crippen LogP contribution in [0.5, 0.6) is 0 Å². The van der Waals surface area contributed by atoms with E-state index in [1.54, 1.807) is 12.1 Å². The van der Waals surface area contributed by atoms with Gasteiger partial charge < -0.3 is 20.9 Å². The molecule has 3 rings (SSSR count). The van der Waals surface area contributed by atoms with Gasteiger partial charge in [0.2, 0.25) is 0 Å². The van der Waals surface area contributed by atoms with Crippen molar-refractivity contribution in [1.82, 2.24) is 15.3 Å². The van der Waals surface area contributed by atoms with E-state index in [4.69, 9.17) is 0 Å². The zero-order chi connectivity index (χ0) is 17.5. The van der Waals surface area contributed by atoms with E-state index in [0.717, 1.165) is 18.9 Å². The Hall–Kier alpha value is -2.90. The van der Waals surface area contributed by atoms with Crippen molar-refractivity contribution in [3.05, 3.63) is 42.5 Å². The summed E-state index contributed by atoms with van der Waals surface area (Å²) in [4.78, 5) is 22.5. The van der Waals surface area contributed by atoms with Gasteiger partial charge in [0.25, 0.3) is 0 Å². The van der Waals surface area contributed by atoms with Crippen molar-refractivity contribution in [2.45, 2.75) is 12.8 Å². The smallest absolute Gasteiger partial charge is 0.319 e. The lowest BCUT2D eigenvalue weighted by Crippen LogP contribution is -2.33. The van der Waals surface area contributed by atoms with Crippen molar-refractivity contribution in [2.75, 3.05) is 41.7 Å². The lowest BCUT2D eigenvalue weighted by atomic mass is 10.3. The van der Waals surface area contributed by atoms with Crippen molar-refractivity contribution in [1.29, 1.82) is 0 Å². The average Bonchev–Trinajstić information content (AvgIpc) is 3.16. The van der Waals surface area contributed by atoms with Gasteiger partial charge in [-0.15, -0.1) is 0 Å². The van der Waals surface area contributed by atoms with Crippen LogP contribution in [-0.2, 0) is 0 Å². The topological polar surface area (TPSA) is 82.2 Å². The lowest BCUT2D eigenvalue weighted by molar-refractivity contribution is 0.252. The number of carbonyl (C=O) groups excluding carboxylic acids is 1. The van der Waals surface area contributed by atoms with Crippen LogP contribution in [0.2, 0.25) is 0 Å². The number of nitrogens with zero attached hydrogens (tertiary/aromatic N) is 3. The molecule has 1 aliphatic rings. The van der Waals surface area contributed by atoms with Crippen LogP contribution < -0.4 is 20.9 Å². The van der Waals surface area contributed by atoms with Gasteiger partial charge in [0, 0.05) is 32.2 Å². The summed E-state index contributed by atoms with van der Waals surface area (Å²) in [5.41, 5.74) is 0.152. The van der Waals surface area contributed by atoms with Crippen LogP contribution in [-0.4, -0.2) is 42.2 Å². The summed E-state index contributed by atoms with van der Waals surface area (Å²) in [7, 11) is 0. The van der Waals surface area contributed by atoms with Gasteiger partial charge in [-0.2, -0.15) is 0 Å². The second kappa shape index (κ2) is 8.27. The first kappa shape index (κ1) is 16.9. The summed E-state index contributed by atoms with van der Waals surface area (Å²) >= 11 is 0. The van der Waals surface area contributed by atoms with Crippen LogP contribution in [0.4, 0.5) is 26.5 Å². The molecule has 0 aliphatic carbocycles. The summed E-state index contributed by atoms with van der Waals surface area (Å²) in [6.07, 6.45) is 3.91. The minimum atomic E-state index is -0.466. The molecular weight excluding hydrogens is 323 g/mol. The third kappa shape index (κ3) is 4.79. The molecule has 25 heavy (non-hydrogen) atoms. The van der Waals surface area contributed by atoms with Gasteiger partial charge in [0.15, 0.2) is 0 Å². The molecule has 0 bridgehead atoms. The summed E-state index contributed by atoms with van der Waals surface area (Å²) in [6, 6.07) is 7.49. The van der Waals surface area contributed by atoms with Crippen LogP contribution in [0, 0.1) is 5.82 Å². The third-order valence-electron chi connectivity index (χ3n) is 3.92. The number of benzene rings is 1. The number of anilines is 3. The Labute approximate surface area is 145 Å². The number of halogens is 1. The van der Waals surface area contributed by atoms with Gasteiger partial charge in [0.05, 0.1) is 5.69 Å². The molecule has 1 fully saturated rings. The molecular formula is C17H21FN6O. The number of carbonyl (C=O) groups is 1. The predicted octanol–water partition coefficient (Wildman–Crippen LogP) is 2.45. The van der Waals surface area contributed by atoms with Gasteiger partial charge in [-0.3, -0.25) is 0 Å². The number of rotatable bonds is 6. The molecule has 1 aromatic carbocycles. The molecule has 2 aromatic rings. The lowest BCUT2D eigenvalue weighted by Gasteiger charge is -2.16. The molecule has 0 radical (unpaired) electrons. The Bertz CT molecular complexity index is 720. The highest BCUT2D eigenvalue weighted by Gasteiger charge is 2.13. The molecule has 0 saturated carbocycles. The molecule has 2 heterocycles. The largest absolute Gasteiger partial charge is 0.368 e. The second-order valence-corrected chi connectivity index (χ2v) is 5.74. The molecule has 0 atom stereocenters. The highest BCUT2D eigenvalue weighted by atomic mass is 19.1. The van der Waals surface area contributed by atoms with Gasteiger partial charge in [-0.05, 0) is 25.0 Å². The van der Waals surface area contributed by atoms with Crippen LogP contribution >= 0.6 is 0 Å². The van der Waals surface area contributed by atoms with Crippen LogP contribution in [0.25, 0.3) is 0 Å². The van der Waals surface area contributed by atoms with E-state index in [0.29, 0.717) is 18.9 Å². The first-order valence-corrected chi connectivity index (χ1v) is 8.32. The highest BCUT2D eigenvalue weighted by molar-refractivity contribution is 5.89. The van der Waals surface area contributed by atoms with E-state index in [1.807, 2.05) is 6.07 Å². The van der Waals surface area contributed by atoms with E-state index < -0.39 is 11.8 Å². The minimum Gasteiger partial charge on any atom is -0.368 e. The van der Waals surface area contributed by atoms with Crippen LogP contribution in [0.1, 0.15) is 12.8 Å². The molecule has 7 nitrogen and oxygen atoms in total. The number of nitrogens with one attached hydrogen (secondary N) is 3. The fraction of sp³-hybridized carbons (Fsp3) is 0.353. The normalized spacial score (nSPS) is 13.6. The third-order valence-corrected chi connectivity index (χ3v) is 3.92. The molecule has 3 N–H and O–H groups in total. The molecule has 8 heteroatoms. The molecule has 1 aliphatic heterocycles. The molecule has 0 unspecified atom stereocenters. The van der Waals surface area contributed by atoms with Crippen molar-refractivity contribution in [3.63, 3.8) is 0 Å². The predicted molar refractivity (Wildman–Crippen MR) is 95.4 cm³/mol. The zero-order valence-corrected chi connectivity index (χ0v) is 13.8. The molecule has 1 aromatic heterocycles. The quantitative estimate of drug-likeness (QED) is 0.701. The van der Waals surface area contributed by atoms with E-state index >= 15 is 0 Å². The monoisotopic (exact) mass is 344 g/mol. The SMILES string of the molecule is O=C(NCCNc1cc(N2CCCC2)ncn1)Nc1ccccc1F. The van der Waals surface area contributed by atoms with Gasteiger partial charge in [-0.1, -0.05) is 12.1 Å². The fourth-order valence-corrected chi connectivity index (χ4v) is 2.66. The summed E-state index contributed by atoms with van der Waals surface area (Å²) in [5.74, 6) is 1.17. The van der Waals surface area contributed by atoms with E-state index in [1.165, 1.54) is 31.3 Å². The fourth-order valence-electron chi connectivity index (χ4n) is 2.66. The Morgan fingerprint density at radius 2 is 1.96 bits per heavy atom. The van der Waals surface area contributed by atoms with Crippen molar-refractivity contribution in [2.24, 2.45) is 0 Å². The number of amides is 2. The maximum atomic E-state index is 13.5. The molecule has 0 spiro atoms. The Kier molecular flexibility index (Phi) is 5.61. The zero-order valence-electron chi connectivity index (χ0n) is 13.8. The van der Waals surface area contributed by atoms with E-state index in [9.17, 15) is 9.18 Å². The maximum absolute atomic E-state index is 13.5. The first-order valence-electron chi connectivity index (χ1n) is 8.32. The first-order chi connectivity index (χ1) is 12.2. The maximum Gasteiger partial charge on any atom is 0.319 e. The number of hydrogen-bond donors (Lipinski definition) is 3. The summed E-state index contributed by atoms with van der Waals surface area (Å²) < 4.78 is 13.5. The number of aromatic nitrogens is 2. The second-order valence-electron chi connectivity index (χ2n) is 5.74. The van der Waals surface area contributed by atoms with Crippen LogP contribution in [0.3, 0.4) is 0 Å². The van der Waals surface area contributed by atoms with E-state index in [2.05, 4.69) is 30.8 Å². The molecule has 2 amide bonds. The van der Waals surface area contributed by atoms with Gasteiger partial charge >= 0.3 is 6.03 Å². The average molecular weight is 344 g/mol. The summed E-state index contributed by atoms with van der Waals surface area (Å²) in [5, 5.41) is 8.28. The van der Waals surface area contributed by atoms with Crippen molar-refractivity contribution < 1.29 is 9.18 Å². The Morgan fingerprint density at radius 3 is 2.76 bits per heavy atom. The minimum absolute atomic E-state index is 0.152. The molecule has 132 valence electrons. The standard InChI is InChI=1S/C17H21FN6O/c18-13-5-1-2-6-14(13)23-17(25)20-8-7-19-15-11-16(22-12-21-15)24-9-3-4-10-24/h1-2,5-6,11-12H,3-4,7-10H2,(H,19,21,22)(H2,20,23,25). The number of urea groups is 1. The number of para-hydroxylation sites is 1. The molecule has 1 saturated heterocycles.